The van der Waals surface area contributed by atoms with E-state index in [0.29, 0.717) is 17.1 Å². The van der Waals surface area contributed by atoms with Gasteiger partial charge in [0.2, 0.25) is 11.8 Å². The van der Waals surface area contributed by atoms with Crippen LogP contribution in [-0.2, 0) is 9.59 Å². The van der Waals surface area contributed by atoms with E-state index in [1.54, 1.807) is 22.9 Å². The fraction of sp³-hybridized carbons (Fsp3) is 0.167. The fourth-order valence-corrected chi connectivity index (χ4v) is 3.93. The number of aromatic nitrogens is 2. The summed E-state index contributed by atoms with van der Waals surface area (Å²) in [4.78, 5) is 37.9. The van der Waals surface area contributed by atoms with Gasteiger partial charge in [-0.25, -0.2) is 4.68 Å². The van der Waals surface area contributed by atoms with Crippen molar-refractivity contribution < 1.29 is 14.5 Å². The lowest BCUT2D eigenvalue weighted by atomic mass is 10.1. The molecule has 39 heavy (non-hydrogen) atoms. The Morgan fingerprint density at radius 3 is 2.31 bits per heavy atom. The highest BCUT2D eigenvalue weighted by molar-refractivity contribution is 5.98. The summed E-state index contributed by atoms with van der Waals surface area (Å²) in [7, 11) is 0. The highest BCUT2D eigenvalue weighted by atomic mass is 16.6. The molecule has 4 aromatic rings. The van der Waals surface area contributed by atoms with E-state index in [1.807, 2.05) is 81.4 Å². The Labute approximate surface area is 226 Å². The number of nitrogens with zero attached hydrogens (tertiary/aromatic N) is 4. The summed E-state index contributed by atoms with van der Waals surface area (Å²) in [6.07, 6.45) is 2.93. The average molecular weight is 524 g/mol. The van der Waals surface area contributed by atoms with Crippen molar-refractivity contribution in [2.75, 3.05) is 11.9 Å². The topological polar surface area (TPSA) is 110 Å². The third kappa shape index (κ3) is 6.84. The van der Waals surface area contributed by atoms with Crippen LogP contribution in [0.2, 0.25) is 0 Å². The Bertz CT molecular complexity index is 1490. The lowest BCUT2D eigenvalue weighted by Crippen LogP contribution is -2.41. The molecule has 0 spiro atoms. The van der Waals surface area contributed by atoms with Crippen molar-refractivity contribution in [1.82, 2.24) is 14.7 Å². The molecule has 1 aromatic heterocycles. The molecular formula is C30H29N5O4. The zero-order valence-corrected chi connectivity index (χ0v) is 21.9. The number of hydrogen-bond donors (Lipinski definition) is 1. The lowest BCUT2D eigenvalue weighted by molar-refractivity contribution is -0.384. The number of carbonyl (C=O) groups excluding carboxylic acids is 2. The van der Waals surface area contributed by atoms with E-state index in [1.165, 1.54) is 23.1 Å². The van der Waals surface area contributed by atoms with Gasteiger partial charge in [-0.1, -0.05) is 48.0 Å². The van der Waals surface area contributed by atoms with Crippen LogP contribution in [0.3, 0.4) is 0 Å². The van der Waals surface area contributed by atoms with Gasteiger partial charge in [-0.05, 0) is 56.7 Å². The van der Waals surface area contributed by atoms with Gasteiger partial charge < -0.3 is 10.2 Å². The van der Waals surface area contributed by atoms with Gasteiger partial charge in [-0.3, -0.25) is 19.7 Å². The molecule has 1 heterocycles. The molecule has 4 rings (SSSR count). The SMILES string of the molecule is Cc1ccc(-n2nc(-c3ccccc3)cc2NC(=O)CN(C(=O)C=Cc2ccc([N+](=O)[O-])cc2)C(C)C)cc1. The number of carbonyl (C=O) groups is 2. The minimum absolute atomic E-state index is 0.0285. The van der Waals surface area contributed by atoms with E-state index in [2.05, 4.69) is 5.32 Å². The summed E-state index contributed by atoms with van der Waals surface area (Å²) in [6, 6.07) is 24.9. The van der Waals surface area contributed by atoms with Crippen molar-refractivity contribution in [3.63, 3.8) is 0 Å². The summed E-state index contributed by atoms with van der Waals surface area (Å²) >= 11 is 0. The van der Waals surface area contributed by atoms with Crippen LogP contribution in [0.15, 0.2) is 91.0 Å². The van der Waals surface area contributed by atoms with Gasteiger partial charge in [0.1, 0.15) is 12.4 Å². The van der Waals surface area contributed by atoms with Crippen molar-refractivity contribution in [3.05, 3.63) is 112 Å². The highest BCUT2D eigenvalue weighted by Crippen LogP contribution is 2.25. The van der Waals surface area contributed by atoms with E-state index < -0.39 is 4.92 Å². The van der Waals surface area contributed by atoms with Crippen molar-refractivity contribution in [2.45, 2.75) is 26.8 Å². The fourth-order valence-electron chi connectivity index (χ4n) is 3.93. The number of anilines is 1. The first-order chi connectivity index (χ1) is 18.7. The van der Waals surface area contributed by atoms with Crippen LogP contribution < -0.4 is 5.32 Å². The second-order valence-corrected chi connectivity index (χ2v) is 9.32. The molecule has 2 amide bonds. The van der Waals surface area contributed by atoms with Gasteiger partial charge in [0.25, 0.3) is 5.69 Å². The molecule has 9 nitrogen and oxygen atoms in total. The van der Waals surface area contributed by atoms with Gasteiger partial charge in [-0.15, -0.1) is 0 Å². The van der Waals surface area contributed by atoms with E-state index in [9.17, 15) is 19.7 Å². The third-order valence-corrected chi connectivity index (χ3v) is 6.07. The molecule has 0 saturated carbocycles. The zero-order valence-electron chi connectivity index (χ0n) is 21.9. The first-order valence-electron chi connectivity index (χ1n) is 12.5. The molecule has 0 bridgehead atoms. The van der Waals surface area contributed by atoms with Crippen LogP contribution in [0, 0.1) is 17.0 Å². The molecule has 3 aromatic carbocycles. The maximum Gasteiger partial charge on any atom is 0.269 e. The van der Waals surface area contributed by atoms with Gasteiger partial charge in [0.05, 0.1) is 16.3 Å². The minimum Gasteiger partial charge on any atom is -0.327 e. The van der Waals surface area contributed by atoms with Crippen LogP contribution in [0.5, 0.6) is 0 Å². The number of nitro groups is 1. The van der Waals surface area contributed by atoms with Crippen LogP contribution in [-0.4, -0.2) is 44.0 Å². The van der Waals surface area contributed by atoms with Crippen molar-refractivity contribution >= 4 is 29.4 Å². The van der Waals surface area contributed by atoms with E-state index in [0.717, 1.165) is 16.8 Å². The molecule has 0 fully saturated rings. The molecular weight excluding hydrogens is 494 g/mol. The maximum atomic E-state index is 13.2. The molecule has 0 saturated heterocycles. The van der Waals surface area contributed by atoms with E-state index in [-0.39, 0.29) is 30.1 Å². The standard InChI is InChI=1S/C30H29N5O4/c1-21(2)33(30(37)18-13-23-11-16-26(17-12-23)35(38)39)20-29(36)31-28-19-27(24-7-5-4-6-8-24)32-34(28)25-14-9-22(3)10-15-25/h4-19,21H,20H2,1-3H3,(H,31,36). The quantitative estimate of drug-likeness (QED) is 0.173. The van der Waals surface area contributed by atoms with Gasteiger partial charge in [0, 0.05) is 35.9 Å². The van der Waals surface area contributed by atoms with Gasteiger partial charge >= 0.3 is 0 Å². The van der Waals surface area contributed by atoms with E-state index >= 15 is 0 Å². The summed E-state index contributed by atoms with van der Waals surface area (Å²) in [5.74, 6) is -0.232. The summed E-state index contributed by atoms with van der Waals surface area (Å²) in [5.41, 5.74) is 4.12. The third-order valence-electron chi connectivity index (χ3n) is 6.07. The molecule has 0 aliphatic heterocycles. The van der Waals surface area contributed by atoms with Crippen LogP contribution in [0.25, 0.3) is 23.0 Å². The van der Waals surface area contributed by atoms with Crippen LogP contribution >= 0.6 is 0 Å². The maximum absolute atomic E-state index is 13.2. The van der Waals surface area contributed by atoms with Gasteiger partial charge in [-0.2, -0.15) is 5.10 Å². The normalized spacial score (nSPS) is 11.1. The number of aryl methyl sites for hydroxylation is 1. The molecule has 0 unspecified atom stereocenters. The average Bonchev–Trinajstić information content (AvgIpc) is 3.35. The van der Waals surface area contributed by atoms with E-state index in [4.69, 9.17) is 5.10 Å². The summed E-state index contributed by atoms with van der Waals surface area (Å²) in [5, 5.41) is 18.5. The first-order valence-corrected chi connectivity index (χ1v) is 12.5. The molecule has 0 aliphatic rings. The van der Waals surface area contributed by atoms with Crippen molar-refractivity contribution in [1.29, 1.82) is 0 Å². The number of amides is 2. The molecule has 9 heteroatoms. The van der Waals surface area contributed by atoms with Crippen molar-refractivity contribution in [2.24, 2.45) is 0 Å². The Morgan fingerprint density at radius 2 is 1.69 bits per heavy atom. The van der Waals surface area contributed by atoms with Crippen LogP contribution in [0.1, 0.15) is 25.0 Å². The minimum atomic E-state index is -0.481. The predicted octanol–water partition coefficient (Wildman–Crippen LogP) is 5.64. The van der Waals surface area contributed by atoms with Crippen molar-refractivity contribution in [3.8, 4) is 16.9 Å². The number of benzene rings is 3. The number of hydrogen-bond acceptors (Lipinski definition) is 5. The zero-order chi connectivity index (χ0) is 27.9. The number of nitrogens with one attached hydrogen (secondary N) is 1. The first kappa shape index (κ1) is 27.0. The molecule has 0 radical (unpaired) electrons. The Morgan fingerprint density at radius 1 is 1.03 bits per heavy atom. The van der Waals surface area contributed by atoms with Gasteiger partial charge in [0.15, 0.2) is 0 Å². The largest absolute Gasteiger partial charge is 0.327 e. The monoisotopic (exact) mass is 523 g/mol. The smallest absolute Gasteiger partial charge is 0.269 e. The highest BCUT2D eigenvalue weighted by Gasteiger charge is 2.20. The summed E-state index contributed by atoms with van der Waals surface area (Å²) in [6.45, 7) is 5.49. The number of rotatable bonds is 9. The Kier molecular flexibility index (Phi) is 8.30. The Balaban J connectivity index is 1.52. The molecule has 198 valence electrons. The second kappa shape index (κ2) is 12.0. The second-order valence-electron chi connectivity index (χ2n) is 9.32. The summed E-state index contributed by atoms with van der Waals surface area (Å²) < 4.78 is 1.68. The molecule has 0 aliphatic carbocycles. The number of nitro benzene ring substituents is 1. The molecule has 0 atom stereocenters. The number of non-ortho nitro benzene ring substituents is 1. The Hall–Kier alpha value is -5.05. The van der Waals surface area contributed by atoms with Crippen LogP contribution in [0.4, 0.5) is 11.5 Å². The lowest BCUT2D eigenvalue weighted by Gasteiger charge is -2.25. The molecule has 1 N–H and O–H groups in total. The predicted molar refractivity (Wildman–Crippen MR) is 151 cm³/mol.